The number of amides is 1. The SMILES string of the molecule is COc1ccc(CC(=O)N=C2S[C@@H]3CS(=O)(=O)C[C@@H]3N2c2cccc(F)c2)cc1. The summed E-state index contributed by atoms with van der Waals surface area (Å²) < 4.78 is 43.1. The number of thioether (sulfide) groups is 1. The van der Waals surface area contributed by atoms with Crippen LogP contribution in [0.3, 0.4) is 0 Å². The fraction of sp³-hybridized carbons (Fsp3) is 0.300. The fourth-order valence-corrected chi connectivity index (χ4v) is 7.49. The van der Waals surface area contributed by atoms with Crippen molar-refractivity contribution in [3.8, 4) is 5.75 Å². The highest BCUT2D eigenvalue weighted by Crippen LogP contribution is 2.41. The number of hydrogen-bond acceptors (Lipinski definition) is 5. The van der Waals surface area contributed by atoms with Gasteiger partial charge in [0.25, 0.3) is 5.91 Å². The summed E-state index contributed by atoms with van der Waals surface area (Å²) in [4.78, 5) is 18.5. The first kappa shape index (κ1) is 19.9. The van der Waals surface area contributed by atoms with Crippen LogP contribution in [-0.2, 0) is 21.1 Å². The minimum Gasteiger partial charge on any atom is -0.497 e. The zero-order chi connectivity index (χ0) is 20.6. The van der Waals surface area contributed by atoms with Gasteiger partial charge in [0.1, 0.15) is 11.6 Å². The predicted octanol–water partition coefficient (Wildman–Crippen LogP) is 2.68. The second-order valence-corrected chi connectivity index (χ2v) is 10.3. The molecule has 2 aliphatic heterocycles. The molecule has 29 heavy (non-hydrogen) atoms. The highest BCUT2D eigenvalue weighted by Gasteiger charge is 2.49. The number of amidine groups is 1. The summed E-state index contributed by atoms with van der Waals surface area (Å²) >= 11 is 1.27. The van der Waals surface area contributed by atoms with Crippen LogP contribution in [0.15, 0.2) is 53.5 Å². The number of hydrogen-bond donors (Lipinski definition) is 0. The molecule has 6 nitrogen and oxygen atoms in total. The van der Waals surface area contributed by atoms with E-state index in [9.17, 15) is 17.6 Å². The Hall–Kier alpha value is -2.39. The van der Waals surface area contributed by atoms with Crippen molar-refractivity contribution in [2.75, 3.05) is 23.5 Å². The Bertz CT molecular complexity index is 1070. The molecule has 0 N–H and O–H groups in total. The number of methoxy groups -OCH3 is 1. The quantitative estimate of drug-likeness (QED) is 0.737. The number of halogens is 1. The predicted molar refractivity (Wildman–Crippen MR) is 112 cm³/mol. The van der Waals surface area contributed by atoms with Crippen molar-refractivity contribution in [2.24, 2.45) is 4.99 Å². The van der Waals surface area contributed by atoms with Crippen LogP contribution in [0, 0.1) is 5.82 Å². The van der Waals surface area contributed by atoms with Crippen LogP contribution in [-0.4, -0.2) is 49.4 Å². The zero-order valence-electron chi connectivity index (χ0n) is 15.6. The maximum atomic E-state index is 13.8. The van der Waals surface area contributed by atoms with Crippen LogP contribution in [0.1, 0.15) is 5.56 Å². The molecule has 1 amide bonds. The van der Waals surface area contributed by atoms with Crippen molar-refractivity contribution in [1.29, 1.82) is 0 Å². The molecule has 4 rings (SSSR count). The smallest absolute Gasteiger partial charge is 0.252 e. The minimum absolute atomic E-state index is 0.0276. The summed E-state index contributed by atoms with van der Waals surface area (Å²) in [5.74, 6) is -0.0834. The van der Waals surface area contributed by atoms with Gasteiger partial charge in [-0.25, -0.2) is 12.8 Å². The lowest BCUT2D eigenvalue weighted by molar-refractivity contribution is -0.117. The molecular formula is C20H19FN2O4S2. The third-order valence-electron chi connectivity index (χ3n) is 4.89. The van der Waals surface area contributed by atoms with Gasteiger partial charge in [0.05, 0.1) is 31.1 Å². The average Bonchev–Trinajstić information content (AvgIpc) is 3.12. The van der Waals surface area contributed by atoms with Crippen molar-refractivity contribution in [2.45, 2.75) is 17.7 Å². The van der Waals surface area contributed by atoms with Gasteiger partial charge in [-0.3, -0.25) is 4.79 Å². The van der Waals surface area contributed by atoms with E-state index in [1.165, 1.54) is 23.9 Å². The molecular weight excluding hydrogens is 415 g/mol. The summed E-state index contributed by atoms with van der Waals surface area (Å²) in [6.45, 7) is 0. The van der Waals surface area contributed by atoms with Gasteiger partial charge in [-0.15, -0.1) is 0 Å². The van der Waals surface area contributed by atoms with Gasteiger partial charge in [0.15, 0.2) is 15.0 Å². The summed E-state index contributed by atoms with van der Waals surface area (Å²) in [6.07, 6.45) is 0.110. The Morgan fingerprint density at radius 3 is 2.69 bits per heavy atom. The number of anilines is 1. The van der Waals surface area contributed by atoms with Crippen LogP contribution >= 0.6 is 11.8 Å². The van der Waals surface area contributed by atoms with E-state index in [-0.39, 0.29) is 35.1 Å². The van der Waals surface area contributed by atoms with Gasteiger partial charge in [0, 0.05) is 10.9 Å². The van der Waals surface area contributed by atoms with Crippen molar-refractivity contribution < 1.29 is 22.3 Å². The molecule has 0 radical (unpaired) electrons. The van der Waals surface area contributed by atoms with Gasteiger partial charge in [-0.05, 0) is 35.9 Å². The van der Waals surface area contributed by atoms with Gasteiger partial charge in [-0.2, -0.15) is 4.99 Å². The first-order chi connectivity index (χ1) is 13.8. The molecule has 9 heteroatoms. The lowest BCUT2D eigenvalue weighted by Crippen LogP contribution is -2.37. The summed E-state index contributed by atoms with van der Waals surface area (Å²) in [7, 11) is -1.60. The second-order valence-electron chi connectivity index (χ2n) is 6.96. The van der Waals surface area contributed by atoms with Crippen LogP contribution in [0.5, 0.6) is 5.75 Å². The van der Waals surface area contributed by atoms with Gasteiger partial charge in [0.2, 0.25) is 0 Å². The number of aliphatic imine (C=N–C) groups is 1. The van der Waals surface area contributed by atoms with E-state index < -0.39 is 15.7 Å². The first-order valence-corrected chi connectivity index (χ1v) is 11.7. The molecule has 0 spiro atoms. The maximum Gasteiger partial charge on any atom is 0.252 e. The number of carbonyl (C=O) groups excluding carboxylic acids is 1. The van der Waals surface area contributed by atoms with E-state index in [0.717, 1.165) is 5.56 Å². The number of benzene rings is 2. The molecule has 2 aromatic carbocycles. The first-order valence-electron chi connectivity index (χ1n) is 9.01. The minimum atomic E-state index is -3.17. The number of nitrogens with zero attached hydrogens (tertiary/aromatic N) is 2. The third-order valence-corrected chi connectivity index (χ3v) is 8.10. The molecule has 0 saturated carbocycles. The molecule has 0 unspecified atom stereocenters. The zero-order valence-corrected chi connectivity index (χ0v) is 17.2. The van der Waals surface area contributed by atoms with Crippen LogP contribution in [0.25, 0.3) is 0 Å². The molecule has 2 fully saturated rings. The number of ether oxygens (including phenoxy) is 1. The molecule has 2 atom stereocenters. The third kappa shape index (κ3) is 4.30. The molecule has 2 aliphatic rings. The molecule has 0 aliphatic carbocycles. The Morgan fingerprint density at radius 1 is 1.24 bits per heavy atom. The molecule has 0 bridgehead atoms. The lowest BCUT2D eigenvalue weighted by atomic mass is 10.1. The number of sulfone groups is 1. The molecule has 2 saturated heterocycles. The maximum absolute atomic E-state index is 13.8. The topological polar surface area (TPSA) is 76.0 Å². The van der Waals surface area contributed by atoms with Gasteiger partial charge in [-0.1, -0.05) is 30.0 Å². The fourth-order valence-electron chi connectivity index (χ4n) is 3.56. The Morgan fingerprint density at radius 2 is 2.00 bits per heavy atom. The standard InChI is InChI=1S/C20H19FN2O4S2/c1-27-16-7-5-13(6-8-16)9-19(24)22-20-23(15-4-2-3-14(21)10-15)17-11-29(25,26)12-18(17)28-20/h2-8,10,17-18H,9,11-12H2,1H3/t17-,18+/m0/s1. The number of fused-ring (bicyclic) bond motifs is 1. The normalized spacial score (nSPS) is 23.9. The van der Waals surface area contributed by atoms with E-state index in [2.05, 4.69) is 4.99 Å². The van der Waals surface area contributed by atoms with Crippen molar-refractivity contribution >= 4 is 38.4 Å². The highest BCUT2D eigenvalue weighted by atomic mass is 32.2. The van der Waals surface area contributed by atoms with Crippen LogP contribution in [0.4, 0.5) is 10.1 Å². The number of rotatable bonds is 4. The monoisotopic (exact) mass is 434 g/mol. The second kappa shape index (κ2) is 7.79. The molecule has 2 aromatic rings. The van der Waals surface area contributed by atoms with E-state index >= 15 is 0 Å². The van der Waals surface area contributed by atoms with E-state index in [4.69, 9.17) is 4.74 Å². The largest absolute Gasteiger partial charge is 0.497 e. The summed E-state index contributed by atoms with van der Waals surface area (Å²) in [5, 5.41) is 0.190. The van der Waals surface area contributed by atoms with Crippen LogP contribution in [0.2, 0.25) is 0 Å². The van der Waals surface area contributed by atoms with Crippen molar-refractivity contribution in [3.05, 3.63) is 59.9 Å². The Labute approximate surface area is 172 Å². The summed E-state index contributed by atoms with van der Waals surface area (Å²) in [6, 6.07) is 12.7. The molecule has 2 heterocycles. The van der Waals surface area contributed by atoms with Crippen LogP contribution < -0.4 is 9.64 Å². The Balaban J connectivity index is 1.61. The lowest BCUT2D eigenvalue weighted by Gasteiger charge is -2.24. The van der Waals surface area contributed by atoms with Crippen molar-refractivity contribution in [3.63, 3.8) is 0 Å². The van der Waals surface area contributed by atoms with Crippen molar-refractivity contribution in [1.82, 2.24) is 0 Å². The Kier molecular flexibility index (Phi) is 5.35. The average molecular weight is 435 g/mol. The number of carbonyl (C=O) groups is 1. The molecule has 152 valence electrons. The van der Waals surface area contributed by atoms with E-state index in [1.807, 2.05) is 0 Å². The van der Waals surface area contributed by atoms with E-state index in [0.29, 0.717) is 16.6 Å². The summed E-state index contributed by atoms with van der Waals surface area (Å²) in [5.41, 5.74) is 1.29. The highest BCUT2D eigenvalue weighted by molar-refractivity contribution is 8.16. The molecule has 0 aromatic heterocycles. The van der Waals surface area contributed by atoms with E-state index in [1.54, 1.807) is 48.4 Å². The van der Waals surface area contributed by atoms with Gasteiger partial charge < -0.3 is 9.64 Å². The van der Waals surface area contributed by atoms with Gasteiger partial charge >= 0.3 is 0 Å².